The molecule has 2 unspecified atom stereocenters. The van der Waals surface area contributed by atoms with E-state index >= 15 is 0 Å². The van der Waals surface area contributed by atoms with Gasteiger partial charge in [0.05, 0.1) is 21.3 Å². The number of anilines is 1. The van der Waals surface area contributed by atoms with Gasteiger partial charge in [0.25, 0.3) is 0 Å². The van der Waals surface area contributed by atoms with Crippen molar-refractivity contribution in [3.8, 4) is 17.2 Å². The van der Waals surface area contributed by atoms with Gasteiger partial charge in [-0.1, -0.05) is 23.7 Å². The van der Waals surface area contributed by atoms with Gasteiger partial charge in [0.1, 0.15) is 0 Å². The average Bonchev–Trinajstić information content (AvgIpc) is 3.45. The Balaban J connectivity index is 0.00000280. The van der Waals surface area contributed by atoms with Gasteiger partial charge in [-0.15, -0.1) is 24.0 Å². The van der Waals surface area contributed by atoms with Crippen molar-refractivity contribution in [1.29, 1.82) is 0 Å². The Morgan fingerprint density at radius 3 is 2.29 bits per heavy atom. The van der Waals surface area contributed by atoms with Crippen molar-refractivity contribution in [3.05, 3.63) is 47.0 Å². The van der Waals surface area contributed by atoms with Crippen LogP contribution in [0.3, 0.4) is 0 Å². The first-order valence-electron chi connectivity index (χ1n) is 8.65. The standard InChI is InChI=1S/C20H24ClN3O3.HI/c1-22-20(24-16-11-15(16)12-6-5-7-13(21)8-12)23-14-9-17(25-2)19(27-4)18(10-14)26-3;/h5-10,15-16H,11H2,1-4H3,(H2,22,23,24);1H. The first kappa shape index (κ1) is 22.4. The summed E-state index contributed by atoms with van der Waals surface area (Å²) in [4.78, 5) is 4.32. The predicted octanol–water partition coefficient (Wildman–Crippen LogP) is 4.53. The van der Waals surface area contributed by atoms with Gasteiger partial charge in [-0.3, -0.25) is 4.99 Å². The fourth-order valence-corrected chi connectivity index (χ4v) is 3.28. The Kier molecular flexibility index (Phi) is 8.06. The van der Waals surface area contributed by atoms with Crippen LogP contribution in [0, 0.1) is 0 Å². The molecule has 2 N–H and O–H groups in total. The van der Waals surface area contributed by atoms with E-state index in [4.69, 9.17) is 25.8 Å². The molecule has 1 saturated carbocycles. The highest BCUT2D eigenvalue weighted by Crippen LogP contribution is 2.42. The Morgan fingerprint density at radius 1 is 1.07 bits per heavy atom. The minimum atomic E-state index is 0. The molecule has 8 heteroatoms. The molecule has 0 spiro atoms. The number of benzene rings is 2. The van der Waals surface area contributed by atoms with Crippen LogP contribution in [-0.2, 0) is 0 Å². The molecule has 0 aliphatic heterocycles. The quantitative estimate of drug-likeness (QED) is 0.335. The summed E-state index contributed by atoms with van der Waals surface area (Å²) in [5.41, 5.74) is 2.03. The maximum atomic E-state index is 6.10. The zero-order valence-corrected chi connectivity index (χ0v) is 19.4. The summed E-state index contributed by atoms with van der Waals surface area (Å²) in [6.45, 7) is 0. The predicted molar refractivity (Wildman–Crippen MR) is 124 cm³/mol. The van der Waals surface area contributed by atoms with E-state index in [1.807, 2.05) is 30.3 Å². The van der Waals surface area contributed by atoms with Crippen LogP contribution in [0.5, 0.6) is 17.2 Å². The molecule has 2 aromatic carbocycles. The molecule has 0 aromatic heterocycles. The van der Waals surface area contributed by atoms with E-state index in [0.29, 0.717) is 35.2 Å². The third-order valence-electron chi connectivity index (χ3n) is 4.54. The molecule has 1 fully saturated rings. The van der Waals surface area contributed by atoms with E-state index in [0.717, 1.165) is 17.1 Å². The number of ether oxygens (including phenoxy) is 3. The van der Waals surface area contributed by atoms with Crippen LogP contribution in [0.25, 0.3) is 0 Å². The highest BCUT2D eigenvalue weighted by atomic mass is 127. The first-order valence-corrected chi connectivity index (χ1v) is 9.03. The van der Waals surface area contributed by atoms with Crippen molar-refractivity contribution >= 4 is 47.2 Å². The van der Waals surface area contributed by atoms with E-state index in [9.17, 15) is 0 Å². The lowest BCUT2D eigenvalue weighted by atomic mass is 10.1. The Labute approximate surface area is 187 Å². The molecule has 0 radical (unpaired) electrons. The molecule has 0 saturated heterocycles. The minimum Gasteiger partial charge on any atom is -0.493 e. The molecule has 1 aliphatic carbocycles. The van der Waals surface area contributed by atoms with Crippen LogP contribution in [0.15, 0.2) is 41.4 Å². The number of rotatable bonds is 6. The molecule has 6 nitrogen and oxygen atoms in total. The second kappa shape index (κ2) is 10.1. The van der Waals surface area contributed by atoms with Gasteiger partial charge in [-0.05, 0) is 24.1 Å². The summed E-state index contributed by atoms with van der Waals surface area (Å²) in [6, 6.07) is 12.0. The highest BCUT2D eigenvalue weighted by molar-refractivity contribution is 14.0. The van der Waals surface area contributed by atoms with E-state index < -0.39 is 0 Å². The van der Waals surface area contributed by atoms with Gasteiger partial charge >= 0.3 is 0 Å². The highest BCUT2D eigenvalue weighted by Gasteiger charge is 2.39. The number of nitrogens with zero attached hydrogens (tertiary/aromatic N) is 1. The first-order chi connectivity index (χ1) is 13.1. The topological polar surface area (TPSA) is 64.1 Å². The molecule has 2 atom stereocenters. The number of halogens is 2. The van der Waals surface area contributed by atoms with E-state index in [1.165, 1.54) is 5.56 Å². The largest absolute Gasteiger partial charge is 0.493 e. The summed E-state index contributed by atoms with van der Waals surface area (Å²) in [5.74, 6) is 2.83. The lowest BCUT2D eigenvalue weighted by Crippen LogP contribution is -2.33. The number of guanidine groups is 1. The van der Waals surface area contributed by atoms with E-state index in [1.54, 1.807) is 28.4 Å². The summed E-state index contributed by atoms with van der Waals surface area (Å²) < 4.78 is 16.2. The molecule has 0 amide bonds. The maximum absolute atomic E-state index is 6.10. The summed E-state index contributed by atoms with van der Waals surface area (Å²) in [5, 5.41) is 7.49. The monoisotopic (exact) mass is 517 g/mol. The number of hydrogen-bond donors (Lipinski definition) is 2. The van der Waals surface area contributed by atoms with Gasteiger partial charge in [0.2, 0.25) is 5.75 Å². The number of methoxy groups -OCH3 is 3. The molecule has 0 bridgehead atoms. The van der Waals surface area contributed by atoms with E-state index in [2.05, 4.69) is 21.7 Å². The van der Waals surface area contributed by atoms with Gasteiger partial charge in [-0.25, -0.2) is 0 Å². The summed E-state index contributed by atoms with van der Waals surface area (Å²) in [6.07, 6.45) is 1.04. The smallest absolute Gasteiger partial charge is 0.203 e. The summed E-state index contributed by atoms with van der Waals surface area (Å²) >= 11 is 6.10. The molecular weight excluding hydrogens is 493 g/mol. The third-order valence-corrected chi connectivity index (χ3v) is 4.78. The summed E-state index contributed by atoms with van der Waals surface area (Å²) in [7, 11) is 6.50. The molecular formula is C20H25ClIN3O3. The Morgan fingerprint density at radius 2 is 1.75 bits per heavy atom. The molecule has 28 heavy (non-hydrogen) atoms. The van der Waals surface area contributed by atoms with Crippen molar-refractivity contribution in [2.45, 2.75) is 18.4 Å². The van der Waals surface area contributed by atoms with Crippen molar-refractivity contribution in [1.82, 2.24) is 5.32 Å². The number of nitrogens with one attached hydrogen (secondary N) is 2. The Hall–Kier alpha value is -1.87. The van der Waals surface area contributed by atoms with Crippen molar-refractivity contribution < 1.29 is 14.2 Å². The zero-order valence-electron chi connectivity index (χ0n) is 16.3. The second-order valence-corrected chi connectivity index (χ2v) is 6.70. The second-order valence-electron chi connectivity index (χ2n) is 6.26. The van der Waals surface area contributed by atoms with Gasteiger partial charge in [-0.2, -0.15) is 0 Å². The molecule has 3 rings (SSSR count). The van der Waals surface area contributed by atoms with Crippen LogP contribution in [0.2, 0.25) is 5.02 Å². The van der Waals surface area contributed by atoms with Crippen LogP contribution in [0.4, 0.5) is 5.69 Å². The van der Waals surface area contributed by atoms with Gasteiger partial charge < -0.3 is 24.8 Å². The van der Waals surface area contributed by atoms with Crippen LogP contribution >= 0.6 is 35.6 Å². The molecule has 0 heterocycles. The average molecular weight is 518 g/mol. The number of aliphatic imine (C=N–C) groups is 1. The van der Waals surface area contributed by atoms with Crippen molar-refractivity contribution in [2.75, 3.05) is 33.7 Å². The fraction of sp³-hybridized carbons (Fsp3) is 0.350. The van der Waals surface area contributed by atoms with Crippen LogP contribution in [-0.4, -0.2) is 40.4 Å². The lowest BCUT2D eigenvalue weighted by Gasteiger charge is -2.16. The Bertz CT molecular complexity index is 822. The van der Waals surface area contributed by atoms with Crippen molar-refractivity contribution in [2.24, 2.45) is 4.99 Å². The van der Waals surface area contributed by atoms with Gasteiger partial charge in [0.15, 0.2) is 17.5 Å². The lowest BCUT2D eigenvalue weighted by molar-refractivity contribution is 0.324. The van der Waals surface area contributed by atoms with Gasteiger partial charge in [0, 0.05) is 41.9 Å². The normalized spacial score (nSPS) is 18.0. The zero-order chi connectivity index (χ0) is 19.4. The minimum absolute atomic E-state index is 0. The fourth-order valence-electron chi connectivity index (χ4n) is 3.08. The van der Waals surface area contributed by atoms with Crippen molar-refractivity contribution in [3.63, 3.8) is 0 Å². The van der Waals surface area contributed by atoms with Crippen LogP contribution in [0.1, 0.15) is 17.9 Å². The maximum Gasteiger partial charge on any atom is 0.203 e. The van der Waals surface area contributed by atoms with Crippen LogP contribution < -0.4 is 24.8 Å². The molecule has 152 valence electrons. The number of hydrogen-bond acceptors (Lipinski definition) is 4. The van der Waals surface area contributed by atoms with E-state index in [-0.39, 0.29) is 24.0 Å². The third kappa shape index (κ3) is 5.14. The SMILES string of the molecule is CN=C(Nc1cc(OC)c(OC)c(OC)c1)NC1CC1c1cccc(Cl)c1.I. The molecule has 1 aliphatic rings. The molecule has 2 aromatic rings.